The van der Waals surface area contributed by atoms with Crippen LogP contribution in [0.15, 0.2) is 36.8 Å². The minimum atomic E-state index is -0.731. The molecule has 2 unspecified atom stereocenters. The number of amides is 3. The van der Waals surface area contributed by atoms with E-state index in [1.165, 1.54) is 36.0 Å². The molecule has 0 bridgehead atoms. The second-order valence-corrected chi connectivity index (χ2v) is 10.3. The number of rotatable bonds is 5. The molecule has 4 heterocycles. The molecule has 0 N–H and O–H groups in total. The van der Waals surface area contributed by atoms with Gasteiger partial charge in [-0.1, -0.05) is 11.6 Å². The van der Waals surface area contributed by atoms with E-state index < -0.39 is 29.0 Å². The molecule has 2 aliphatic heterocycles. The highest BCUT2D eigenvalue weighted by atomic mass is 35.5. The summed E-state index contributed by atoms with van der Waals surface area (Å²) in [6.45, 7) is -0.222. The van der Waals surface area contributed by atoms with Crippen molar-refractivity contribution in [1.82, 2.24) is 19.7 Å². The maximum Gasteiger partial charge on any atom is 0.332 e. The molecule has 0 spiro atoms. The molecule has 12 heteroatoms. The molecule has 3 amide bonds. The number of urea groups is 1. The zero-order valence-corrected chi connectivity index (χ0v) is 20.5. The SMILES string of the molecule is COc1cc(C2=CC3C(S2)C(=O)N(c2cncc4cnn(C5CC5)c24)C(=O)N3CC#N)c(Cl)cc1F. The third-order valence-electron chi connectivity index (χ3n) is 6.51. The molecular weight excluding hydrogens is 507 g/mol. The molecule has 36 heavy (non-hydrogen) atoms. The quantitative estimate of drug-likeness (QED) is 0.456. The fourth-order valence-corrected chi connectivity index (χ4v) is 6.33. The lowest BCUT2D eigenvalue weighted by atomic mass is 10.0. The van der Waals surface area contributed by atoms with E-state index in [1.54, 1.807) is 18.5 Å². The van der Waals surface area contributed by atoms with Crippen molar-refractivity contribution < 1.29 is 18.7 Å². The lowest BCUT2D eigenvalue weighted by Crippen LogP contribution is -2.62. The Bertz CT molecular complexity index is 1510. The maximum absolute atomic E-state index is 14.1. The van der Waals surface area contributed by atoms with Crippen LogP contribution in [0.3, 0.4) is 0 Å². The van der Waals surface area contributed by atoms with E-state index in [1.807, 2.05) is 10.8 Å². The number of pyridine rings is 1. The van der Waals surface area contributed by atoms with Gasteiger partial charge in [0.05, 0.1) is 53.9 Å². The number of hydrogen-bond acceptors (Lipinski definition) is 7. The average Bonchev–Trinajstić information content (AvgIpc) is 3.45. The van der Waals surface area contributed by atoms with Gasteiger partial charge < -0.3 is 9.64 Å². The number of methoxy groups -OCH3 is 1. The van der Waals surface area contributed by atoms with Crippen LogP contribution in [0.25, 0.3) is 15.8 Å². The zero-order valence-electron chi connectivity index (χ0n) is 18.9. The van der Waals surface area contributed by atoms with Gasteiger partial charge in [0.25, 0.3) is 5.91 Å². The number of fused-ring (bicyclic) bond motifs is 2. The van der Waals surface area contributed by atoms with Crippen molar-refractivity contribution in [1.29, 1.82) is 5.26 Å². The second-order valence-electron chi connectivity index (χ2n) is 8.69. The van der Waals surface area contributed by atoms with Crippen molar-refractivity contribution >= 4 is 56.8 Å². The normalized spacial score (nSPS) is 21.6. The molecule has 3 aromatic rings. The Morgan fingerprint density at radius 3 is 2.81 bits per heavy atom. The maximum atomic E-state index is 14.1. The fraction of sp³-hybridized carbons (Fsp3) is 0.292. The number of carbonyl (C=O) groups is 2. The van der Waals surface area contributed by atoms with Crippen LogP contribution in [-0.2, 0) is 4.79 Å². The highest BCUT2D eigenvalue weighted by Gasteiger charge is 2.50. The van der Waals surface area contributed by atoms with Crippen LogP contribution in [0.5, 0.6) is 5.75 Å². The summed E-state index contributed by atoms with van der Waals surface area (Å²) >= 11 is 7.55. The van der Waals surface area contributed by atoms with Crippen LogP contribution in [0.2, 0.25) is 5.02 Å². The van der Waals surface area contributed by atoms with Gasteiger partial charge in [0.15, 0.2) is 11.6 Å². The number of anilines is 1. The Balaban J connectivity index is 1.43. The standard InChI is InChI=1S/C24H18ClFN6O3S/c1-35-19-6-14(15(25)7-16(19)26)20-8-17-22(36-20)23(33)31(24(34)30(17)5-4-27)18-11-28-9-12-10-29-32(21(12)18)13-2-3-13/h6-11,13,17,22H,2-3,5H2,1H3. The molecule has 0 radical (unpaired) electrons. The predicted molar refractivity (Wildman–Crippen MR) is 132 cm³/mol. The molecule has 1 aliphatic carbocycles. The Hall–Kier alpha value is -3.62. The monoisotopic (exact) mass is 524 g/mol. The number of benzene rings is 1. The molecule has 3 aliphatic rings. The van der Waals surface area contributed by atoms with Gasteiger partial charge in [0, 0.05) is 22.1 Å². The molecule has 182 valence electrons. The first-order valence-corrected chi connectivity index (χ1v) is 12.4. The number of halogens is 2. The number of nitriles is 1. The Labute approximate surface area is 214 Å². The van der Waals surface area contributed by atoms with Crippen molar-refractivity contribution in [2.45, 2.75) is 30.2 Å². The summed E-state index contributed by atoms with van der Waals surface area (Å²) < 4.78 is 21.1. The highest BCUT2D eigenvalue weighted by molar-refractivity contribution is 8.09. The first-order valence-electron chi connectivity index (χ1n) is 11.2. The van der Waals surface area contributed by atoms with Gasteiger partial charge in [-0.05, 0) is 31.1 Å². The zero-order chi connectivity index (χ0) is 25.1. The first-order chi connectivity index (χ1) is 17.4. The smallest absolute Gasteiger partial charge is 0.332 e. The summed E-state index contributed by atoms with van der Waals surface area (Å²) in [6, 6.07) is 3.58. The molecule has 6 rings (SSSR count). The number of thioether (sulfide) groups is 1. The topological polar surface area (TPSA) is 104 Å². The summed E-state index contributed by atoms with van der Waals surface area (Å²) in [5.41, 5.74) is 1.48. The Morgan fingerprint density at radius 1 is 1.28 bits per heavy atom. The third kappa shape index (κ3) is 3.43. The van der Waals surface area contributed by atoms with Crippen LogP contribution in [-0.4, -0.2) is 56.5 Å². The van der Waals surface area contributed by atoms with Crippen LogP contribution in [0.4, 0.5) is 14.9 Å². The van der Waals surface area contributed by atoms with Crippen molar-refractivity contribution in [2.24, 2.45) is 0 Å². The fourth-order valence-electron chi connectivity index (χ4n) is 4.66. The van der Waals surface area contributed by atoms with Gasteiger partial charge >= 0.3 is 6.03 Å². The third-order valence-corrected chi connectivity index (χ3v) is 8.16. The summed E-state index contributed by atoms with van der Waals surface area (Å²) in [7, 11) is 1.35. The molecule has 2 fully saturated rings. The van der Waals surface area contributed by atoms with Gasteiger partial charge in [-0.15, -0.1) is 11.8 Å². The van der Waals surface area contributed by atoms with Crippen molar-refractivity contribution in [3.05, 3.63) is 53.2 Å². The minimum absolute atomic E-state index is 0.00905. The van der Waals surface area contributed by atoms with E-state index in [0.717, 1.165) is 29.2 Å². The molecule has 1 aromatic carbocycles. The highest BCUT2D eigenvalue weighted by Crippen LogP contribution is 2.48. The van der Waals surface area contributed by atoms with E-state index in [4.69, 9.17) is 16.3 Å². The lowest BCUT2D eigenvalue weighted by molar-refractivity contribution is -0.119. The van der Waals surface area contributed by atoms with E-state index in [0.29, 0.717) is 21.7 Å². The Morgan fingerprint density at radius 2 is 2.08 bits per heavy atom. The van der Waals surface area contributed by atoms with Crippen molar-refractivity contribution in [2.75, 3.05) is 18.6 Å². The molecule has 2 aromatic heterocycles. The van der Waals surface area contributed by atoms with Crippen molar-refractivity contribution in [3.8, 4) is 11.8 Å². The van der Waals surface area contributed by atoms with Crippen LogP contribution in [0.1, 0.15) is 24.4 Å². The molecule has 2 atom stereocenters. The Kier molecular flexibility index (Phi) is 5.39. The van der Waals surface area contributed by atoms with E-state index >= 15 is 0 Å². The largest absolute Gasteiger partial charge is 0.494 e. The number of ether oxygens (including phenoxy) is 1. The lowest BCUT2D eigenvalue weighted by Gasteiger charge is -2.40. The minimum Gasteiger partial charge on any atom is -0.494 e. The molecule has 1 saturated heterocycles. The number of imide groups is 1. The summed E-state index contributed by atoms with van der Waals surface area (Å²) in [4.78, 5) is 34.8. The van der Waals surface area contributed by atoms with Gasteiger partial charge in [-0.2, -0.15) is 10.4 Å². The predicted octanol–water partition coefficient (Wildman–Crippen LogP) is 4.38. The van der Waals surface area contributed by atoms with Crippen LogP contribution >= 0.6 is 23.4 Å². The van der Waals surface area contributed by atoms with Gasteiger partial charge in [-0.3, -0.25) is 14.5 Å². The van der Waals surface area contributed by atoms with Gasteiger partial charge in [-0.25, -0.2) is 14.1 Å². The number of carbonyl (C=O) groups excluding carboxylic acids is 2. The number of nitrogens with zero attached hydrogens (tertiary/aromatic N) is 6. The average molecular weight is 525 g/mol. The summed E-state index contributed by atoms with van der Waals surface area (Å²) in [6.07, 6.45) is 8.47. The first kappa shape index (κ1) is 22.8. The molecular formula is C24H18ClFN6O3S. The second kappa shape index (κ2) is 8.50. The molecule has 1 saturated carbocycles. The molecule has 9 nitrogen and oxygen atoms in total. The van der Waals surface area contributed by atoms with Crippen LogP contribution < -0.4 is 9.64 Å². The van der Waals surface area contributed by atoms with E-state index in [2.05, 4.69) is 10.1 Å². The number of hydrogen-bond donors (Lipinski definition) is 0. The van der Waals surface area contributed by atoms with Gasteiger partial charge in [0.2, 0.25) is 0 Å². The van der Waals surface area contributed by atoms with E-state index in [-0.39, 0.29) is 23.4 Å². The summed E-state index contributed by atoms with van der Waals surface area (Å²) in [5.74, 6) is -1.03. The summed E-state index contributed by atoms with van der Waals surface area (Å²) in [5, 5.41) is 14.1. The van der Waals surface area contributed by atoms with Gasteiger partial charge in [0.1, 0.15) is 11.8 Å². The van der Waals surface area contributed by atoms with Crippen LogP contribution in [0, 0.1) is 17.1 Å². The van der Waals surface area contributed by atoms with Crippen molar-refractivity contribution in [3.63, 3.8) is 0 Å². The number of aromatic nitrogens is 3. The van der Waals surface area contributed by atoms with E-state index in [9.17, 15) is 19.2 Å².